The smallest absolute Gasteiger partial charge is 0.191 e. The number of nitrogens with zero attached hydrogens (tertiary/aromatic N) is 1. The van der Waals surface area contributed by atoms with Gasteiger partial charge in [-0.25, -0.2) is 0 Å². The summed E-state index contributed by atoms with van der Waals surface area (Å²) in [4.78, 5) is 5.67. The lowest BCUT2D eigenvalue weighted by Gasteiger charge is -2.25. The zero-order valence-electron chi connectivity index (χ0n) is 12.6. The van der Waals surface area contributed by atoms with E-state index in [0.717, 1.165) is 19.0 Å². The minimum atomic E-state index is 0.134. The highest BCUT2D eigenvalue weighted by Gasteiger charge is 2.21. The number of nitrogens with one attached hydrogen (secondary N) is 2. The molecule has 108 valence electrons. The average molecular weight is 281 g/mol. The van der Waals surface area contributed by atoms with Crippen LogP contribution in [0, 0.1) is 0 Å². The third-order valence-corrected chi connectivity index (χ3v) is 4.42. The highest BCUT2D eigenvalue weighted by atomic mass is 32.1. The molecule has 1 rings (SSSR count). The summed E-state index contributed by atoms with van der Waals surface area (Å²) in [6, 6.07) is 4.31. The zero-order valence-corrected chi connectivity index (χ0v) is 13.4. The van der Waals surface area contributed by atoms with E-state index in [0.29, 0.717) is 0 Å². The molecule has 3 nitrogen and oxygen atoms in total. The maximum Gasteiger partial charge on any atom is 0.191 e. The van der Waals surface area contributed by atoms with Crippen molar-refractivity contribution < 1.29 is 0 Å². The van der Waals surface area contributed by atoms with E-state index in [9.17, 15) is 0 Å². The molecule has 0 bridgehead atoms. The van der Waals surface area contributed by atoms with Crippen molar-refractivity contribution in [2.24, 2.45) is 4.99 Å². The molecule has 0 spiro atoms. The third-order valence-electron chi connectivity index (χ3n) is 3.18. The molecular formula is C15H27N3S. The SMILES string of the molecule is CCCCCNC(=NC)NCC(C)(C)c1cccs1. The largest absolute Gasteiger partial charge is 0.356 e. The molecule has 1 heterocycles. The number of thiophene rings is 1. The van der Waals surface area contributed by atoms with Crippen molar-refractivity contribution in [2.45, 2.75) is 45.4 Å². The molecule has 0 fully saturated rings. The first-order valence-electron chi connectivity index (χ1n) is 7.08. The van der Waals surface area contributed by atoms with Crippen LogP contribution in [0.1, 0.15) is 44.9 Å². The van der Waals surface area contributed by atoms with Gasteiger partial charge >= 0.3 is 0 Å². The van der Waals surface area contributed by atoms with E-state index in [-0.39, 0.29) is 5.41 Å². The fourth-order valence-corrected chi connectivity index (χ4v) is 2.71. The van der Waals surface area contributed by atoms with E-state index < -0.39 is 0 Å². The Kier molecular flexibility index (Phi) is 6.92. The highest BCUT2D eigenvalue weighted by molar-refractivity contribution is 7.10. The van der Waals surface area contributed by atoms with Crippen molar-refractivity contribution in [3.05, 3.63) is 22.4 Å². The molecule has 0 atom stereocenters. The predicted octanol–water partition coefficient (Wildman–Crippen LogP) is 3.38. The van der Waals surface area contributed by atoms with Crippen molar-refractivity contribution in [2.75, 3.05) is 20.1 Å². The first-order valence-corrected chi connectivity index (χ1v) is 7.96. The molecule has 0 saturated heterocycles. The molecule has 0 aliphatic rings. The minimum Gasteiger partial charge on any atom is -0.356 e. The summed E-state index contributed by atoms with van der Waals surface area (Å²) in [7, 11) is 1.83. The first-order chi connectivity index (χ1) is 9.10. The summed E-state index contributed by atoms with van der Waals surface area (Å²) in [5.74, 6) is 0.903. The lowest BCUT2D eigenvalue weighted by Crippen LogP contribution is -2.43. The number of aliphatic imine (C=N–C) groups is 1. The second-order valence-electron chi connectivity index (χ2n) is 5.42. The quantitative estimate of drug-likeness (QED) is 0.457. The highest BCUT2D eigenvalue weighted by Crippen LogP contribution is 2.26. The van der Waals surface area contributed by atoms with Gasteiger partial charge in [-0.2, -0.15) is 0 Å². The van der Waals surface area contributed by atoms with Gasteiger partial charge in [-0.15, -0.1) is 11.3 Å². The van der Waals surface area contributed by atoms with E-state index in [4.69, 9.17) is 0 Å². The standard InChI is InChI=1S/C15H27N3S/c1-5-6-7-10-17-14(16-4)18-12-15(2,3)13-9-8-11-19-13/h8-9,11H,5-7,10,12H2,1-4H3,(H2,16,17,18). The molecule has 0 radical (unpaired) electrons. The minimum absolute atomic E-state index is 0.134. The Morgan fingerprint density at radius 1 is 1.32 bits per heavy atom. The molecule has 1 aromatic heterocycles. The van der Waals surface area contributed by atoms with E-state index >= 15 is 0 Å². The van der Waals surface area contributed by atoms with Gasteiger partial charge in [0.2, 0.25) is 0 Å². The first kappa shape index (κ1) is 16.0. The number of hydrogen-bond acceptors (Lipinski definition) is 2. The van der Waals surface area contributed by atoms with Crippen LogP contribution in [0.5, 0.6) is 0 Å². The van der Waals surface area contributed by atoms with Gasteiger partial charge in [-0.1, -0.05) is 39.7 Å². The van der Waals surface area contributed by atoms with Crippen molar-refractivity contribution in [1.29, 1.82) is 0 Å². The Labute approximate surface area is 121 Å². The van der Waals surface area contributed by atoms with Crippen molar-refractivity contribution in [1.82, 2.24) is 10.6 Å². The van der Waals surface area contributed by atoms with Crippen LogP contribution in [0.3, 0.4) is 0 Å². The molecule has 1 aromatic rings. The summed E-state index contributed by atoms with van der Waals surface area (Å²) < 4.78 is 0. The number of rotatable bonds is 7. The zero-order chi connectivity index (χ0) is 14.1. The van der Waals surface area contributed by atoms with E-state index in [1.807, 2.05) is 18.4 Å². The molecule has 0 aliphatic carbocycles. The summed E-state index contributed by atoms with van der Waals surface area (Å²) in [5.41, 5.74) is 0.134. The lowest BCUT2D eigenvalue weighted by molar-refractivity contribution is 0.518. The van der Waals surface area contributed by atoms with Gasteiger partial charge in [0.15, 0.2) is 5.96 Å². The van der Waals surface area contributed by atoms with Gasteiger partial charge in [0.1, 0.15) is 0 Å². The van der Waals surface area contributed by atoms with Crippen LogP contribution in [-0.4, -0.2) is 26.1 Å². The summed E-state index contributed by atoms with van der Waals surface area (Å²) in [6.07, 6.45) is 3.72. The molecule has 0 unspecified atom stereocenters. The van der Waals surface area contributed by atoms with Crippen molar-refractivity contribution >= 4 is 17.3 Å². The monoisotopic (exact) mass is 281 g/mol. The number of guanidine groups is 1. The van der Waals surface area contributed by atoms with Crippen LogP contribution in [-0.2, 0) is 5.41 Å². The molecule has 19 heavy (non-hydrogen) atoms. The van der Waals surface area contributed by atoms with Gasteiger partial charge in [-0.05, 0) is 17.9 Å². The van der Waals surface area contributed by atoms with Gasteiger partial charge < -0.3 is 10.6 Å². The Balaban J connectivity index is 2.37. The lowest BCUT2D eigenvalue weighted by atomic mass is 9.91. The van der Waals surface area contributed by atoms with Crippen LogP contribution in [0.25, 0.3) is 0 Å². The number of hydrogen-bond donors (Lipinski definition) is 2. The molecule has 4 heteroatoms. The summed E-state index contributed by atoms with van der Waals surface area (Å²) in [5, 5.41) is 8.92. The van der Waals surface area contributed by atoms with Crippen molar-refractivity contribution in [3.8, 4) is 0 Å². The fourth-order valence-electron chi connectivity index (χ4n) is 1.86. The van der Waals surface area contributed by atoms with Crippen LogP contribution < -0.4 is 10.6 Å². The van der Waals surface area contributed by atoms with Crippen LogP contribution in [0.4, 0.5) is 0 Å². The van der Waals surface area contributed by atoms with Gasteiger partial charge in [0.05, 0.1) is 0 Å². The molecular weight excluding hydrogens is 254 g/mol. The van der Waals surface area contributed by atoms with Crippen LogP contribution in [0.15, 0.2) is 22.5 Å². The fraction of sp³-hybridized carbons (Fsp3) is 0.667. The van der Waals surface area contributed by atoms with Crippen LogP contribution >= 0.6 is 11.3 Å². The average Bonchev–Trinajstić information content (AvgIpc) is 2.92. The Morgan fingerprint density at radius 3 is 2.68 bits per heavy atom. The molecule has 0 saturated carbocycles. The Morgan fingerprint density at radius 2 is 2.11 bits per heavy atom. The Bertz CT molecular complexity index is 369. The predicted molar refractivity (Wildman–Crippen MR) is 86.2 cm³/mol. The van der Waals surface area contributed by atoms with Crippen LogP contribution in [0.2, 0.25) is 0 Å². The summed E-state index contributed by atoms with van der Waals surface area (Å²) >= 11 is 1.81. The number of unbranched alkanes of at least 4 members (excludes halogenated alkanes) is 2. The molecule has 0 amide bonds. The normalized spacial score (nSPS) is 12.5. The van der Waals surface area contributed by atoms with E-state index in [1.165, 1.54) is 24.1 Å². The van der Waals surface area contributed by atoms with Gasteiger partial charge in [-0.3, -0.25) is 4.99 Å². The van der Waals surface area contributed by atoms with Gasteiger partial charge in [0, 0.05) is 30.4 Å². The topological polar surface area (TPSA) is 36.4 Å². The second-order valence-corrected chi connectivity index (χ2v) is 6.37. The van der Waals surface area contributed by atoms with E-state index in [2.05, 4.69) is 53.9 Å². The Hall–Kier alpha value is -1.03. The second kappa shape index (κ2) is 8.20. The summed E-state index contributed by atoms with van der Waals surface area (Å²) in [6.45, 7) is 8.62. The molecule has 0 aliphatic heterocycles. The molecule has 2 N–H and O–H groups in total. The van der Waals surface area contributed by atoms with E-state index in [1.54, 1.807) is 0 Å². The maximum absolute atomic E-state index is 4.27. The maximum atomic E-state index is 4.27. The molecule has 0 aromatic carbocycles. The van der Waals surface area contributed by atoms with Crippen molar-refractivity contribution in [3.63, 3.8) is 0 Å². The third kappa shape index (κ3) is 5.64. The van der Waals surface area contributed by atoms with Gasteiger partial charge in [0.25, 0.3) is 0 Å².